The normalized spacial score (nSPS) is 21.3. The fourth-order valence-electron chi connectivity index (χ4n) is 4.18. The highest BCUT2D eigenvalue weighted by molar-refractivity contribution is 5.98. The third kappa shape index (κ3) is 6.79. The molecule has 2 heterocycles. The van der Waals surface area contributed by atoms with Gasteiger partial charge in [-0.05, 0) is 30.7 Å². The number of ether oxygens (including phenoxy) is 2. The fourth-order valence-corrected chi connectivity index (χ4v) is 4.18. The number of likely N-dealkylation sites (N-methyl/N-ethyl adjacent to an activating group) is 1. The van der Waals surface area contributed by atoms with Gasteiger partial charge in [-0.2, -0.15) is 0 Å². The van der Waals surface area contributed by atoms with Gasteiger partial charge in [0.2, 0.25) is 11.8 Å². The monoisotopic (exact) mass is 482 g/mol. The standard InChI is InChI=1S/C26H34N4O5/c1-17-14-30(25(32)11-20-7-6-10-27-13-20)18(2)16-35-23-12-21(28-19(3)31)8-9-22(23)26(33)29(4)15-24(17)34-5/h6-10,12-13,17-18,24H,11,14-16H2,1-5H3,(H,28,31)/t17-,18-,24+/m0/s1. The first kappa shape index (κ1) is 26.2. The lowest BCUT2D eigenvalue weighted by molar-refractivity contribution is -0.134. The van der Waals surface area contributed by atoms with Crippen molar-refractivity contribution in [1.29, 1.82) is 0 Å². The minimum absolute atomic E-state index is 0.0309. The maximum atomic E-state index is 13.4. The van der Waals surface area contributed by atoms with E-state index in [0.717, 1.165) is 5.56 Å². The van der Waals surface area contributed by atoms with E-state index in [1.165, 1.54) is 6.92 Å². The molecule has 2 aromatic rings. The van der Waals surface area contributed by atoms with Crippen molar-refractivity contribution in [3.8, 4) is 5.75 Å². The Bertz CT molecular complexity index is 1050. The van der Waals surface area contributed by atoms with Gasteiger partial charge in [0.25, 0.3) is 5.91 Å². The van der Waals surface area contributed by atoms with Crippen molar-refractivity contribution in [3.05, 3.63) is 53.9 Å². The lowest BCUT2D eigenvalue weighted by atomic mass is 10.0. The van der Waals surface area contributed by atoms with Gasteiger partial charge < -0.3 is 24.6 Å². The molecule has 0 fully saturated rings. The van der Waals surface area contributed by atoms with Crippen molar-refractivity contribution in [2.45, 2.75) is 39.3 Å². The van der Waals surface area contributed by atoms with Gasteiger partial charge in [-0.1, -0.05) is 13.0 Å². The highest BCUT2D eigenvalue weighted by Crippen LogP contribution is 2.27. The molecular weight excluding hydrogens is 448 g/mol. The van der Waals surface area contributed by atoms with Gasteiger partial charge in [-0.3, -0.25) is 19.4 Å². The molecule has 9 nitrogen and oxygen atoms in total. The van der Waals surface area contributed by atoms with E-state index in [1.54, 1.807) is 49.7 Å². The van der Waals surface area contributed by atoms with Gasteiger partial charge in [0.1, 0.15) is 12.4 Å². The number of aromatic nitrogens is 1. The van der Waals surface area contributed by atoms with Crippen LogP contribution in [0.3, 0.4) is 0 Å². The molecule has 188 valence electrons. The van der Waals surface area contributed by atoms with E-state index in [4.69, 9.17) is 9.47 Å². The van der Waals surface area contributed by atoms with E-state index >= 15 is 0 Å². The van der Waals surface area contributed by atoms with Crippen LogP contribution in [0.5, 0.6) is 5.75 Å². The Morgan fingerprint density at radius 3 is 2.66 bits per heavy atom. The van der Waals surface area contributed by atoms with E-state index in [0.29, 0.717) is 30.1 Å². The molecule has 0 saturated heterocycles. The number of hydrogen-bond acceptors (Lipinski definition) is 6. The van der Waals surface area contributed by atoms with Gasteiger partial charge in [0.05, 0.1) is 24.1 Å². The summed E-state index contributed by atoms with van der Waals surface area (Å²) in [5.41, 5.74) is 1.74. The van der Waals surface area contributed by atoms with Crippen LogP contribution in [0.15, 0.2) is 42.7 Å². The smallest absolute Gasteiger partial charge is 0.257 e. The molecule has 0 saturated carbocycles. The predicted molar refractivity (Wildman–Crippen MR) is 132 cm³/mol. The number of fused-ring (bicyclic) bond motifs is 1. The maximum absolute atomic E-state index is 13.4. The summed E-state index contributed by atoms with van der Waals surface area (Å²) in [6, 6.07) is 8.37. The molecular formula is C26H34N4O5. The number of rotatable bonds is 4. The van der Waals surface area contributed by atoms with Crippen molar-refractivity contribution in [2.75, 3.05) is 39.2 Å². The zero-order valence-electron chi connectivity index (χ0n) is 21.0. The molecule has 0 aliphatic carbocycles. The molecule has 3 atom stereocenters. The summed E-state index contributed by atoms with van der Waals surface area (Å²) in [5, 5.41) is 2.72. The number of nitrogens with one attached hydrogen (secondary N) is 1. The largest absolute Gasteiger partial charge is 0.491 e. The predicted octanol–water partition coefficient (Wildman–Crippen LogP) is 2.62. The van der Waals surface area contributed by atoms with Crippen molar-refractivity contribution in [3.63, 3.8) is 0 Å². The molecule has 9 heteroatoms. The van der Waals surface area contributed by atoms with Gasteiger partial charge in [0, 0.05) is 64.2 Å². The van der Waals surface area contributed by atoms with Crippen LogP contribution in [0.4, 0.5) is 5.69 Å². The molecule has 1 N–H and O–H groups in total. The molecule has 1 aliphatic heterocycles. The average Bonchev–Trinajstić information content (AvgIpc) is 2.83. The second-order valence-corrected chi connectivity index (χ2v) is 9.07. The van der Waals surface area contributed by atoms with Crippen molar-refractivity contribution < 1.29 is 23.9 Å². The zero-order valence-corrected chi connectivity index (χ0v) is 21.0. The summed E-state index contributed by atoms with van der Waals surface area (Å²) in [6.07, 6.45) is 3.32. The van der Waals surface area contributed by atoms with Crippen LogP contribution in [0.1, 0.15) is 36.7 Å². The Morgan fingerprint density at radius 1 is 1.23 bits per heavy atom. The zero-order chi connectivity index (χ0) is 25.5. The maximum Gasteiger partial charge on any atom is 0.257 e. The van der Waals surface area contributed by atoms with Gasteiger partial charge in [-0.25, -0.2) is 0 Å². The van der Waals surface area contributed by atoms with Crippen LogP contribution < -0.4 is 10.1 Å². The van der Waals surface area contributed by atoms with E-state index in [2.05, 4.69) is 10.3 Å². The number of amides is 3. The molecule has 35 heavy (non-hydrogen) atoms. The second-order valence-electron chi connectivity index (χ2n) is 9.07. The summed E-state index contributed by atoms with van der Waals surface area (Å²) in [5.74, 6) is -0.149. The second kappa shape index (κ2) is 11.8. The summed E-state index contributed by atoms with van der Waals surface area (Å²) >= 11 is 0. The van der Waals surface area contributed by atoms with Crippen LogP contribution in [0.2, 0.25) is 0 Å². The van der Waals surface area contributed by atoms with Crippen LogP contribution in [-0.2, 0) is 20.7 Å². The first-order valence-electron chi connectivity index (χ1n) is 11.7. The van der Waals surface area contributed by atoms with Gasteiger partial charge in [0.15, 0.2) is 0 Å². The van der Waals surface area contributed by atoms with E-state index < -0.39 is 0 Å². The summed E-state index contributed by atoms with van der Waals surface area (Å²) in [6.45, 7) is 6.33. The first-order chi connectivity index (χ1) is 16.7. The highest BCUT2D eigenvalue weighted by Gasteiger charge is 2.30. The summed E-state index contributed by atoms with van der Waals surface area (Å²) < 4.78 is 11.8. The number of anilines is 1. The van der Waals surface area contributed by atoms with E-state index in [9.17, 15) is 14.4 Å². The molecule has 1 aromatic carbocycles. The molecule has 1 aromatic heterocycles. The SMILES string of the molecule is CO[C@@H]1CN(C)C(=O)c2ccc(NC(C)=O)cc2OC[C@H](C)N(C(=O)Cc2cccnc2)C[C@@H]1C. The molecule has 0 unspecified atom stereocenters. The molecule has 1 aliphatic rings. The number of nitrogens with zero attached hydrogens (tertiary/aromatic N) is 3. The molecule has 0 spiro atoms. The Balaban J connectivity index is 1.94. The van der Waals surface area contributed by atoms with Crippen LogP contribution in [-0.4, -0.2) is 78.5 Å². The minimum atomic E-state index is -0.274. The Hall–Kier alpha value is -3.46. The fraction of sp³-hybridized carbons (Fsp3) is 0.462. The van der Waals surface area contributed by atoms with Crippen molar-refractivity contribution in [1.82, 2.24) is 14.8 Å². The molecule has 3 amide bonds. The quantitative estimate of drug-likeness (QED) is 0.719. The number of methoxy groups -OCH3 is 1. The number of carbonyl (C=O) groups excluding carboxylic acids is 3. The molecule has 0 radical (unpaired) electrons. The Morgan fingerprint density at radius 2 is 2.00 bits per heavy atom. The van der Waals surface area contributed by atoms with E-state index in [1.807, 2.05) is 30.9 Å². The number of pyridine rings is 1. The van der Waals surface area contributed by atoms with Gasteiger partial charge >= 0.3 is 0 Å². The first-order valence-corrected chi connectivity index (χ1v) is 11.7. The number of benzene rings is 1. The molecule has 0 bridgehead atoms. The Labute approximate surface area is 206 Å². The summed E-state index contributed by atoms with van der Waals surface area (Å²) in [4.78, 5) is 45.7. The summed E-state index contributed by atoms with van der Waals surface area (Å²) in [7, 11) is 3.33. The van der Waals surface area contributed by atoms with Crippen LogP contribution in [0, 0.1) is 5.92 Å². The third-order valence-corrected chi connectivity index (χ3v) is 6.17. The average molecular weight is 483 g/mol. The van der Waals surface area contributed by atoms with Gasteiger partial charge in [-0.15, -0.1) is 0 Å². The highest BCUT2D eigenvalue weighted by atomic mass is 16.5. The van der Waals surface area contributed by atoms with E-state index in [-0.39, 0.29) is 48.8 Å². The van der Waals surface area contributed by atoms with Crippen LogP contribution in [0.25, 0.3) is 0 Å². The lowest BCUT2D eigenvalue weighted by Crippen LogP contribution is -2.49. The van der Waals surface area contributed by atoms with Crippen molar-refractivity contribution >= 4 is 23.4 Å². The molecule has 3 rings (SSSR count). The van der Waals surface area contributed by atoms with Crippen LogP contribution >= 0.6 is 0 Å². The number of carbonyl (C=O) groups is 3. The topological polar surface area (TPSA) is 101 Å². The minimum Gasteiger partial charge on any atom is -0.491 e. The Kier molecular flexibility index (Phi) is 8.81. The number of hydrogen-bond donors (Lipinski definition) is 1. The third-order valence-electron chi connectivity index (χ3n) is 6.17. The van der Waals surface area contributed by atoms with Crippen molar-refractivity contribution in [2.24, 2.45) is 5.92 Å². The lowest BCUT2D eigenvalue weighted by Gasteiger charge is -2.36.